The molecule has 2 aromatic rings. The van der Waals surface area contributed by atoms with Crippen molar-refractivity contribution in [3.63, 3.8) is 0 Å². The molecule has 1 aliphatic heterocycles. The van der Waals surface area contributed by atoms with E-state index < -0.39 is 12.8 Å². The largest absolute Gasteiger partial charge is 0.482 e. The number of fused-ring (bicyclic) bond motifs is 1. The van der Waals surface area contributed by atoms with E-state index in [-0.39, 0.29) is 27.6 Å². The van der Waals surface area contributed by atoms with Gasteiger partial charge in [-0.2, -0.15) is 13.2 Å². The summed E-state index contributed by atoms with van der Waals surface area (Å²) in [7, 11) is 0. The third kappa shape index (κ3) is 4.61. The molecule has 1 amide bonds. The summed E-state index contributed by atoms with van der Waals surface area (Å²) in [4.78, 5) is 13.5. The average molecular weight is 388 g/mol. The van der Waals surface area contributed by atoms with Crippen LogP contribution in [0.5, 0.6) is 5.75 Å². The summed E-state index contributed by atoms with van der Waals surface area (Å²) in [6.07, 6.45) is -3.91. The number of rotatable bonds is 4. The van der Waals surface area contributed by atoms with Gasteiger partial charge < -0.3 is 10.1 Å². The van der Waals surface area contributed by atoms with Gasteiger partial charge in [-0.25, -0.2) is 0 Å². The van der Waals surface area contributed by atoms with Gasteiger partial charge >= 0.3 is 6.18 Å². The lowest BCUT2D eigenvalue weighted by Crippen LogP contribution is -2.25. The number of amides is 1. The predicted molar refractivity (Wildman–Crippen MR) is 91.4 cm³/mol. The molecule has 1 N–H and O–H groups in total. The van der Waals surface area contributed by atoms with Crippen molar-refractivity contribution in [2.24, 2.45) is 0 Å². The highest BCUT2D eigenvalue weighted by molar-refractivity contribution is 8.01. The van der Waals surface area contributed by atoms with E-state index in [1.807, 2.05) is 24.3 Å². The lowest BCUT2D eigenvalue weighted by molar-refractivity contribution is -0.153. The first-order valence-corrected chi connectivity index (χ1v) is 8.62. The molecular formula is C17H13ClF3NO2S. The Morgan fingerprint density at radius 1 is 1.28 bits per heavy atom. The van der Waals surface area contributed by atoms with Crippen LogP contribution in [0.15, 0.2) is 47.4 Å². The SMILES string of the molecule is O=C(Nc1cc(Cl)ccc1OCC(F)(F)F)[C@@H]1Cc2ccccc2S1. The van der Waals surface area contributed by atoms with Crippen LogP contribution in [0.25, 0.3) is 0 Å². The maximum Gasteiger partial charge on any atom is 0.422 e. The molecule has 1 heterocycles. The second kappa shape index (κ2) is 7.17. The van der Waals surface area contributed by atoms with E-state index in [1.54, 1.807) is 0 Å². The third-order valence-corrected chi connectivity index (χ3v) is 5.08. The van der Waals surface area contributed by atoms with Crippen molar-refractivity contribution in [1.29, 1.82) is 0 Å². The molecule has 1 aliphatic rings. The minimum absolute atomic E-state index is 0.0735. The first-order valence-electron chi connectivity index (χ1n) is 7.36. The molecule has 3 rings (SSSR count). The Labute approximate surface area is 151 Å². The van der Waals surface area contributed by atoms with Crippen molar-refractivity contribution in [2.75, 3.05) is 11.9 Å². The predicted octanol–water partition coefficient (Wildman–Crippen LogP) is 4.94. The number of halogens is 4. The van der Waals surface area contributed by atoms with E-state index in [9.17, 15) is 18.0 Å². The van der Waals surface area contributed by atoms with E-state index in [4.69, 9.17) is 16.3 Å². The zero-order valence-corrected chi connectivity index (χ0v) is 14.3. The first kappa shape index (κ1) is 17.9. The van der Waals surface area contributed by atoms with Crippen LogP contribution < -0.4 is 10.1 Å². The minimum atomic E-state index is -4.47. The molecule has 0 aromatic heterocycles. The molecule has 132 valence electrons. The van der Waals surface area contributed by atoms with E-state index in [2.05, 4.69) is 5.32 Å². The van der Waals surface area contributed by atoms with Crippen molar-refractivity contribution >= 4 is 35.0 Å². The molecular weight excluding hydrogens is 375 g/mol. The molecule has 8 heteroatoms. The summed E-state index contributed by atoms with van der Waals surface area (Å²) in [6.45, 7) is -1.44. The second-order valence-electron chi connectivity index (χ2n) is 5.45. The number of carbonyl (C=O) groups is 1. The lowest BCUT2D eigenvalue weighted by Gasteiger charge is -2.16. The Morgan fingerprint density at radius 2 is 2.04 bits per heavy atom. The number of ether oxygens (including phenoxy) is 1. The van der Waals surface area contributed by atoms with Crippen molar-refractivity contribution in [3.05, 3.63) is 53.1 Å². The smallest absolute Gasteiger partial charge is 0.422 e. The number of hydrogen-bond acceptors (Lipinski definition) is 3. The Bertz CT molecular complexity index is 773. The van der Waals surface area contributed by atoms with Gasteiger partial charge in [-0.15, -0.1) is 11.8 Å². The number of alkyl halides is 3. The molecule has 3 nitrogen and oxygen atoms in total. The van der Waals surface area contributed by atoms with Gasteiger partial charge in [-0.3, -0.25) is 4.79 Å². The monoisotopic (exact) mass is 387 g/mol. The van der Waals surface area contributed by atoms with Gasteiger partial charge in [0.15, 0.2) is 6.61 Å². The lowest BCUT2D eigenvalue weighted by atomic mass is 10.1. The fourth-order valence-corrected chi connectivity index (χ4v) is 3.79. The van der Waals surface area contributed by atoms with E-state index >= 15 is 0 Å². The van der Waals surface area contributed by atoms with Gasteiger partial charge in [0.25, 0.3) is 0 Å². The number of anilines is 1. The summed E-state index contributed by atoms with van der Waals surface area (Å²) < 4.78 is 41.9. The van der Waals surface area contributed by atoms with Crippen LogP contribution in [-0.2, 0) is 11.2 Å². The van der Waals surface area contributed by atoms with Gasteiger partial charge in [0.2, 0.25) is 5.91 Å². The summed E-state index contributed by atoms with van der Waals surface area (Å²) in [5.74, 6) is -0.379. The molecule has 0 fully saturated rings. The second-order valence-corrected chi connectivity index (χ2v) is 7.13. The van der Waals surface area contributed by atoms with Gasteiger partial charge in [0.1, 0.15) is 5.75 Å². The van der Waals surface area contributed by atoms with E-state index in [1.165, 1.54) is 30.0 Å². The van der Waals surface area contributed by atoms with Crippen LogP contribution >= 0.6 is 23.4 Å². The normalized spacial score (nSPS) is 16.4. The quantitative estimate of drug-likeness (QED) is 0.807. The van der Waals surface area contributed by atoms with Crippen molar-refractivity contribution < 1.29 is 22.7 Å². The first-order chi connectivity index (χ1) is 11.8. The number of benzene rings is 2. The highest BCUT2D eigenvalue weighted by atomic mass is 35.5. The van der Waals surface area contributed by atoms with Crippen LogP contribution in [0.3, 0.4) is 0 Å². The standard InChI is InChI=1S/C17H13ClF3NO2S/c18-11-5-6-13(24-9-17(19,20)21)12(8-11)22-16(23)15-7-10-3-1-2-4-14(10)25-15/h1-6,8,15H,7,9H2,(H,22,23)/t15-/m0/s1. The number of thioether (sulfide) groups is 1. The van der Waals surface area contributed by atoms with Gasteiger partial charge in [-0.1, -0.05) is 29.8 Å². The molecule has 0 radical (unpaired) electrons. The molecule has 0 saturated carbocycles. The third-order valence-electron chi connectivity index (χ3n) is 3.53. The van der Waals surface area contributed by atoms with Crippen molar-refractivity contribution in [2.45, 2.75) is 22.7 Å². The highest BCUT2D eigenvalue weighted by Crippen LogP contribution is 2.38. The molecule has 0 spiro atoms. The number of carbonyl (C=O) groups excluding carboxylic acids is 1. The Kier molecular flexibility index (Phi) is 5.15. The highest BCUT2D eigenvalue weighted by Gasteiger charge is 2.30. The van der Waals surface area contributed by atoms with Crippen LogP contribution in [0, 0.1) is 0 Å². The number of nitrogens with one attached hydrogen (secondary N) is 1. The van der Waals surface area contributed by atoms with Crippen molar-refractivity contribution in [3.8, 4) is 5.75 Å². The van der Waals surface area contributed by atoms with Crippen LogP contribution in [-0.4, -0.2) is 23.9 Å². The zero-order valence-electron chi connectivity index (χ0n) is 12.8. The van der Waals surface area contributed by atoms with Crippen LogP contribution in [0.2, 0.25) is 5.02 Å². The summed E-state index contributed by atoms with van der Waals surface area (Å²) in [6, 6.07) is 11.8. The minimum Gasteiger partial charge on any atom is -0.482 e. The van der Waals surface area contributed by atoms with E-state index in [0.29, 0.717) is 6.42 Å². The topological polar surface area (TPSA) is 38.3 Å². The molecule has 1 atom stereocenters. The molecule has 25 heavy (non-hydrogen) atoms. The maximum absolute atomic E-state index is 12.5. The summed E-state index contributed by atoms with van der Waals surface area (Å²) in [5, 5.41) is 2.56. The van der Waals surface area contributed by atoms with Crippen molar-refractivity contribution in [1.82, 2.24) is 0 Å². The molecule has 0 aliphatic carbocycles. The molecule has 0 unspecified atom stereocenters. The van der Waals surface area contributed by atoms with Gasteiger partial charge in [-0.05, 0) is 36.2 Å². The van der Waals surface area contributed by atoms with Gasteiger partial charge in [0, 0.05) is 9.92 Å². The van der Waals surface area contributed by atoms with Crippen LogP contribution in [0.1, 0.15) is 5.56 Å². The summed E-state index contributed by atoms with van der Waals surface area (Å²) >= 11 is 7.31. The number of hydrogen-bond donors (Lipinski definition) is 1. The fraction of sp³-hybridized carbons (Fsp3) is 0.235. The Morgan fingerprint density at radius 3 is 2.76 bits per heavy atom. The molecule has 0 saturated heterocycles. The maximum atomic E-state index is 12.5. The van der Waals surface area contributed by atoms with Crippen LogP contribution in [0.4, 0.5) is 18.9 Å². The average Bonchev–Trinajstić information content (AvgIpc) is 2.97. The zero-order chi connectivity index (χ0) is 18.0. The van der Waals surface area contributed by atoms with E-state index in [0.717, 1.165) is 10.5 Å². The Hall–Kier alpha value is -1.86. The fourth-order valence-electron chi connectivity index (χ4n) is 2.43. The molecule has 2 aromatic carbocycles. The Balaban J connectivity index is 1.72. The van der Waals surface area contributed by atoms with Gasteiger partial charge in [0.05, 0.1) is 10.9 Å². The summed E-state index contributed by atoms with van der Waals surface area (Å²) in [5.41, 5.74) is 1.20. The molecule has 0 bridgehead atoms.